The average molecular weight is 553 g/mol. The van der Waals surface area contributed by atoms with Crippen molar-refractivity contribution < 1.29 is 23.7 Å². The van der Waals surface area contributed by atoms with Gasteiger partial charge in [0.25, 0.3) is 0 Å². The summed E-state index contributed by atoms with van der Waals surface area (Å²) >= 11 is 0. The molecule has 0 saturated carbocycles. The summed E-state index contributed by atoms with van der Waals surface area (Å²) in [6.45, 7) is 6.10. The van der Waals surface area contributed by atoms with E-state index in [0.717, 1.165) is 16.7 Å². The summed E-state index contributed by atoms with van der Waals surface area (Å²) < 4.78 is 17.5. The van der Waals surface area contributed by atoms with Crippen molar-refractivity contribution in [3.8, 4) is 62.5 Å². The predicted octanol–water partition coefficient (Wildman–Crippen LogP) is 4.15. The molecule has 2 aromatic heterocycles. The summed E-state index contributed by atoms with van der Waals surface area (Å²) in [5, 5.41) is 43.0. The van der Waals surface area contributed by atoms with Crippen LogP contribution in [0.15, 0.2) is 60.9 Å². The Balaban J connectivity index is 1.48. The molecule has 0 amide bonds. The van der Waals surface area contributed by atoms with E-state index in [2.05, 4.69) is 27.3 Å². The maximum atomic E-state index is 13.1. The maximum absolute atomic E-state index is 13.1. The normalized spacial score (nSPS) is 10.9. The fourth-order valence-corrected chi connectivity index (χ4v) is 4.53. The maximum Gasteiger partial charge on any atom is 0.360 e. The van der Waals surface area contributed by atoms with E-state index in [1.165, 1.54) is 39.3 Å². The smallest absolute Gasteiger partial charge is 0.360 e. The third-order valence-corrected chi connectivity index (χ3v) is 6.96. The highest BCUT2D eigenvalue weighted by Gasteiger charge is 2.22. The van der Waals surface area contributed by atoms with Crippen LogP contribution in [0.3, 0.4) is 0 Å². The first-order chi connectivity index (χ1) is 19.7. The van der Waals surface area contributed by atoms with Crippen molar-refractivity contribution in [1.29, 1.82) is 0 Å². The zero-order chi connectivity index (χ0) is 29.3. The van der Waals surface area contributed by atoms with Crippen LogP contribution in [0.5, 0.6) is 17.2 Å². The van der Waals surface area contributed by atoms with Crippen LogP contribution in [0.4, 0.5) is 0 Å². The van der Waals surface area contributed by atoms with E-state index in [4.69, 9.17) is 14.2 Å². The summed E-state index contributed by atoms with van der Waals surface area (Å²) in [6.07, 6.45) is 2.71. The molecule has 0 radical (unpaired) electrons. The molecule has 0 spiro atoms. The van der Waals surface area contributed by atoms with Crippen LogP contribution in [0, 0.1) is 31.2 Å². The molecule has 3 aromatic carbocycles. The van der Waals surface area contributed by atoms with Gasteiger partial charge >= 0.3 is 11.6 Å². The van der Waals surface area contributed by atoms with E-state index in [1.807, 2.05) is 26.0 Å². The summed E-state index contributed by atoms with van der Waals surface area (Å²) in [5.41, 5.74) is 6.49. The zero-order valence-electron chi connectivity index (χ0n) is 23.5. The third-order valence-electron chi connectivity index (χ3n) is 6.96. The van der Waals surface area contributed by atoms with Crippen molar-refractivity contribution in [3.63, 3.8) is 0 Å². The van der Waals surface area contributed by atoms with Crippen molar-refractivity contribution in [1.82, 2.24) is 20.4 Å². The SMILES string of the molecule is COc1cc(-c2c[n+]([O-])c(-c3cccc(-c4nnc(-c5cc(C)c(C)c(C)c5)c[n+]4[O-])c3)nn2)cc(OC)c1OC. The molecule has 0 atom stereocenters. The van der Waals surface area contributed by atoms with Gasteiger partial charge < -0.3 is 24.6 Å². The molecular weight excluding hydrogens is 524 g/mol. The first-order valence-electron chi connectivity index (χ1n) is 12.7. The highest BCUT2D eigenvalue weighted by Crippen LogP contribution is 2.40. The number of benzene rings is 3. The molecule has 0 aliphatic carbocycles. The molecule has 11 heteroatoms. The summed E-state index contributed by atoms with van der Waals surface area (Å²) in [4.78, 5) is 0. The van der Waals surface area contributed by atoms with Crippen LogP contribution in [0.1, 0.15) is 16.7 Å². The molecule has 2 heterocycles. The van der Waals surface area contributed by atoms with E-state index >= 15 is 0 Å². The van der Waals surface area contributed by atoms with E-state index in [9.17, 15) is 10.4 Å². The van der Waals surface area contributed by atoms with Gasteiger partial charge in [0.1, 0.15) is 12.4 Å². The molecule has 0 bridgehead atoms. The fraction of sp³-hybridized carbons (Fsp3) is 0.200. The van der Waals surface area contributed by atoms with Gasteiger partial charge in [0.15, 0.2) is 22.9 Å². The number of hydrogen-bond donors (Lipinski definition) is 0. The first kappa shape index (κ1) is 27.3. The van der Waals surface area contributed by atoms with Crippen LogP contribution in [0.2, 0.25) is 0 Å². The lowest BCUT2D eigenvalue weighted by Crippen LogP contribution is -2.32. The molecule has 0 N–H and O–H groups in total. The Morgan fingerprint density at radius 1 is 0.585 bits per heavy atom. The van der Waals surface area contributed by atoms with Gasteiger partial charge in [-0.15, -0.1) is 0 Å². The van der Waals surface area contributed by atoms with Crippen LogP contribution < -0.4 is 23.7 Å². The lowest BCUT2D eigenvalue weighted by Gasteiger charge is -2.14. The molecule has 0 aliphatic heterocycles. The fourth-order valence-electron chi connectivity index (χ4n) is 4.53. The van der Waals surface area contributed by atoms with Crippen LogP contribution in [-0.4, -0.2) is 41.7 Å². The Morgan fingerprint density at radius 3 is 1.46 bits per heavy atom. The average Bonchev–Trinajstić information content (AvgIpc) is 2.98. The van der Waals surface area contributed by atoms with Gasteiger partial charge in [-0.05, 0) is 90.1 Å². The molecule has 0 fully saturated rings. The number of aromatic nitrogens is 6. The van der Waals surface area contributed by atoms with E-state index in [-0.39, 0.29) is 11.6 Å². The topological polar surface area (TPSA) is 133 Å². The quantitative estimate of drug-likeness (QED) is 0.216. The van der Waals surface area contributed by atoms with E-state index < -0.39 is 0 Å². The summed E-state index contributed by atoms with van der Waals surface area (Å²) in [6, 6.07) is 14.1. The molecular formula is C30H28N6O5. The molecule has 0 unspecified atom stereocenters. The van der Waals surface area contributed by atoms with Crippen molar-refractivity contribution in [2.45, 2.75) is 20.8 Å². The Labute approximate surface area is 236 Å². The van der Waals surface area contributed by atoms with Gasteiger partial charge in [-0.2, -0.15) is 0 Å². The highest BCUT2D eigenvalue weighted by molar-refractivity contribution is 5.69. The van der Waals surface area contributed by atoms with Gasteiger partial charge in [0, 0.05) is 11.1 Å². The van der Waals surface area contributed by atoms with Gasteiger partial charge in [-0.3, -0.25) is 0 Å². The number of hydrogen-bond acceptors (Lipinski definition) is 9. The van der Waals surface area contributed by atoms with Crippen molar-refractivity contribution >= 4 is 0 Å². The van der Waals surface area contributed by atoms with Crippen molar-refractivity contribution in [2.75, 3.05) is 21.3 Å². The largest absolute Gasteiger partial charge is 0.710 e. The molecule has 208 valence electrons. The number of rotatable bonds is 7. The number of ether oxygens (including phenoxy) is 3. The number of nitrogens with zero attached hydrogens (tertiary/aromatic N) is 6. The van der Waals surface area contributed by atoms with Crippen LogP contribution >= 0.6 is 0 Å². The second-order valence-electron chi connectivity index (χ2n) is 9.46. The summed E-state index contributed by atoms with van der Waals surface area (Å²) in [7, 11) is 4.52. The number of methoxy groups -OCH3 is 3. The predicted molar refractivity (Wildman–Crippen MR) is 151 cm³/mol. The number of aryl methyl sites for hydroxylation is 2. The van der Waals surface area contributed by atoms with Crippen molar-refractivity contribution in [3.05, 3.63) is 88.0 Å². The molecule has 5 rings (SSSR count). The second kappa shape index (κ2) is 11.0. The standard InChI is InChI=1S/C30H28N6O5/c1-17-10-22(11-18(2)19(17)3)24-15-35(37)29(33-31-24)20-8-7-9-21(12-20)30-34-32-25(16-36(30)38)23-13-26(39-4)28(41-6)27(14-23)40-5/h7-16H,1-6H3. The van der Waals surface area contributed by atoms with Crippen LogP contribution in [0.25, 0.3) is 45.3 Å². The van der Waals surface area contributed by atoms with Crippen LogP contribution in [-0.2, 0) is 0 Å². The molecule has 0 saturated heterocycles. The molecule has 5 aromatic rings. The lowest BCUT2D eigenvalue weighted by molar-refractivity contribution is -0.597. The summed E-state index contributed by atoms with van der Waals surface area (Å²) in [5.74, 6) is 1.41. The van der Waals surface area contributed by atoms with Gasteiger partial charge in [-0.1, -0.05) is 6.07 Å². The third kappa shape index (κ3) is 5.17. The second-order valence-corrected chi connectivity index (χ2v) is 9.46. The Hall–Kier alpha value is -5.32. The minimum Gasteiger partial charge on any atom is -0.710 e. The minimum absolute atomic E-state index is 0.0516. The molecule has 11 nitrogen and oxygen atoms in total. The highest BCUT2D eigenvalue weighted by atomic mass is 16.5. The van der Waals surface area contributed by atoms with E-state index in [1.54, 1.807) is 36.4 Å². The molecule has 0 aliphatic rings. The minimum atomic E-state index is 0.0516. The Kier molecular flexibility index (Phi) is 7.34. The Bertz CT molecular complexity index is 1730. The van der Waals surface area contributed by atoms with Gasteiger partial charge in [-0.25, -0.2) is 9.46 Å². The Morgan fingerprint density at radius 2 is 1.05 bits per heavy atom. The zero-order valence-corrected chi connectivity index (χ0v) is 23.5. The van der Waals surface area contributed by atoms with E-state index in [0.29, 0.717) is 54.8 Å². The van der Waals surface area contributed by atoms with Gasteiger partial charge in [0.05, 0.1) is 42.7 Å². The first-order valence-corrected chi connectivity index (χ1v) is 12.7. The molecule has 41 heavy (non-hydrogen) atoms. The lowest BCUT2D eigenvalue weighted by atomic mass is 9.99. The van der Waals surface area contributed by atoms with Gasteiger partial charge in [0.2, 0.25) is 5.75 Å². The monoisotopic (exact) mass is 552 g/mol. The van der Waals surface area contributed by atoms with Crippen molar-refractivity contribution in [2.24, 2.45) is 0 Å².